The molecule has 13 heteroatoms. The third-order valence-electron chi connectivity index (χ3n) is 10.4. The van der Waals surface area contributed by atoms with Crippen molar-refractivity contribution < 1.29 is 23.4 Å². The van der Waals surface area contributed by atoms with Crippen LogP contribution in [0.3, 0.4) is 0 Å². The number of methoxy groups -OCH3 is 1. The summed E-state index contributed by atoms with van der Waals surface area (Å²) in [6.07, 6.45) is 7.08. The average molecular weight is 743 g/mol. The summed E-state index contributed by atoms with van der Waals surface area (Å²) in [4.78, 5) is 25.7. The molecule has 0 aliphatic heterocycles. The number of H-pyrrole nitrogens is 1. The Bertz CT molecular complexity index is 2020. The number of nitrogens with one attached hydrogen (secondary N) is 2. The number of imidazole rings is 1. The average Bonchev–Trinajstić information content (AvgIpc) is 3.66. The maximum atomic E-state index is 13.3. The Morgan fingerprint density at radius 2 is 1.75 bits per heavy atom. The second kappa shape index (κ2) is 15.1. The molecular weight excluding hydrogens is 689 g/mol. The van der Waals surface area contributed by atoms with Crippen LogP contribution < -0.4 is 10.1 Å². The van der Waals surface area contributed by atoms with Gasteiger partial charge in [-0.15, -0.1) is 0 Å². The lowest BCUT2D eigenvalue weighted by Gasteiger charge is -2.41. The molecule has 0 radical (unpaired) electrons. The molecule has 2 N–H and O–H groups in total. The summed E-state index contributed by atoms with van der Waals surface area (Å²) in [6.45, 7) is 19.4. The van der Waals surface area contributed by atoms with Crippen molar-refractivity contribution in [3.8, 4) is 16.9 Å². The van der Waals surface area contributed by atoms with Gasteiger partial charge >= 0.3 is 5.97 Å². The monoisotopic (exact) mass is 742 g/mol. The molecule has 52 heavy (non-hydrogen) atoms. The van der Waals surface area contributed by atoms with E-state index in [1.807, 2.05) is 28.9 Å². The normalized spacial score (nSPS) is 17.1. The van der Waals surface area contributed by atoms with Crippen molar-refractivity contribution in [2.75, 3.05) is 19.0 Å². The van der Waals surface area contributed by atoms with Crippen LogP contribution >= 0.6 is 0 Å². The van der Waals surface area contributed by atoms with E-state index in [2.05, 4.69) is 74.9 Å². The van der Waals surface area contributed by atoms with E-state index in [4.69, 9.17) is 28.7 Å². The van der Waals surface area contributed by atoms with Crippen LogP contribution in [0.2, 0.25) is 43.8 Å². The first kappa shape index (κ1) is 37.7. The van der Waals surface area contributed by atoms with Crippen molar-refractivity contribution in [1.29, 1.82) is 0 Å². The van der Waals surface area contributed by atoms with Crippen LogP contribution in [0.15, 0.2) is 54.9 Å². The summed E-state index contributed by atoms with van der Waals surface area (Å²) in [5.41, 5.74) is 4.69. The van der Waals surface area contributed by atoms with Gasteiger partial charge in [0.15, 0.2) is 14.1 Å². The van der Waals surface area contributed by atoms with Crippen LogP contribution in [0.25, 0.3) is 33.1 Å². The van der Waals surface area contributed by atoms with Crippen LogP contribution in [0.1, 0.15) is 56.8 Å². The zero-order valence-electron chi connectivity index (χ0n) is 32.1. The summed E-state index contributed by atoms with van der Waals surface area (Å²) in [5, 5.41) is 9.39. The number of hydrogen-bond acceptors (Lipinski definition) is 9. The molecule has 3 aromatic heterocycles. The predicted molar refractivity (Wildman–Crippen MR) is 213 cm³/mol. The second-order valence-corrected chi connectivity index (χ2v) is 27.0. The van der Waals surface area contributed by atoms with Crippen molar-refractivity contribution in [3.05, 3.63) is 60.4 Å². The molecule has 278 valence electrons. The Morgan fingerprint density at radius 3 is 2.46 bits per heavy atom. The quantitative estimate of drug-likeness (QED) is 0.0689. The maximum absolute atomic E-state index is 13.3. The van der Waals surface area contributed by atoms with Gasteiger partial charge in [-0.05, 0) is 91.8 Å². The molecule has 0 saturated heterocycles. The van der Waals surface area contributed by atoms with E-state index in [1.54, 1.807) is 31.6 Å². The summed E-state index contributed by atoms with van der Waals surface area (Å²) < 4.78 is 26.2. The number of nitrogens with zero attached hydrogens (tertiary/aromatic N) is 4. The van der Waals surface area contributed by atoms with Gasteiger partial charge < -0.3 is 28.9 Å². The van der Waals surface area contributed by atoms with E-state index in [0.717, 1.165) is 70.5 Å². The molecule has 2 aromatic carbocycles. The molecule has 0 amide bonds. The van der Waals surface area contributed by atoms with Crippen LogP contribution in [-0.2, 0) is 20.6 Å². The van der Waals surface area contributed by atoms with Crippen LogP contribution in [-0.4, -0.2) is 73.0 Å². The SMILES string of the molecule is COc1ccncc1-c1ccc2c(c1)c(Nc1nc3ccc(C(=O)OC4CCC(O[Si](C)(C)C(C)(C)C)CC4)cc3[nH]1)nn2COCC[Si](C)(C)C. The third kappa shape index (κ3) is 8.76. The molecule has 0 bridgehead atoms. The number of pyridine rings is 1. The number of carbonyl (C=O) groups excluding carboxylic acids is 1. The highest BCUT2D eigenvalue weighted by Crippen LogP contribution is 2.39. The Labute approximate surface area is 309 Å². The molecule has 1 aliphatic carbocycles. The van der Waals surface area contributed by atoms with E-state index in [0.29, 0.717) is 30.7 Å². The molecule has 1 saturated carbocycles. The first-order valence-corrected chi connectivity index (χ1v) is 24.9. The first-order valence-electron chi connectivity index (χ1n) is 18.3. The van der Waals surface area contributed by atoms with Gasteiger partial charge in [0.25, 0.3) is 0 Å². The standard InChI is InChI=1S/C39H54N6O5Si2/c1-39(2,3)52(8,9)50-29-14-12-28(13-15-29)49-37(46)27-10-16-32-33(23-27)42-38(41-32)43-36-30-22-26(31-24-40-19-18-35(31)47-4)11-17-34(30)45(44-36)25-48-20-21-51(5,6)7/h10-11,16-19,22-24,28-29H,12-15,20-21,25H2,1-9H3,(H2,41,42,43,44). The molecule has 6 rings (SSSR count). The number of benzene rings is 2. The van der Waals surface area contributed by atoms with Gasteiger partial charge in [0.1, 0.15) is 18.6 Å². The highest BCUT2D eigenvalue weighted by atomic mass is 28.4. The summed E-state index contributed by atoms with van der Waals surface area (Å²) in [5.74, 6) is 1.55. The molecule has 1 fully saturated rings. The second-order valence-electron chi connectivity index (χ2n) is 16.6. The fourth-order valence-corrected chi connectivity index (χ4v) is 8.41. The minimum absolute atomic E-state index is 0.110. The Hall–Kier alpha value is -4.05. The van der Waals surface area contributed by atoms with Gasteiger partial charge in [-0.2, -0.15) is 5.10 Å². The lowest BCUT2D eigenvalue weighted by molar-refractivity contribution is 0.00653. The molecule has 11 nitrogen and oxygen atoms in total. The van der Waals surface area contributed by atoms with Gasteiger partial charge in [-0.25, -0.2) is 14.5 Å². The summed E-state index contributed by atoms with van der Waals surface area (Å²) in [7, 11) is -1.41. The fourth-order valence-electron chi connectivity index (χ4n) is 6.23. The minimum atomic E-state index is -1.83. The van der Waals surface area contributed by atoms with E-state index in [9.17, 15) is 4.79 Å². The molecular formula is C39H54N6O5Si2. The third-order valence-corrected chi connectivity index (χ3v) is 16.6. The number of esters is 1. The van der Waals surface area contributed by atoms with Crippen molar-refractivity contribution in [3.63, 3.8) is 0 Å². The van der Waals surface area contributed by atoms with E-state index in [1.165, 1.54) is 0 Å². The minimum Gasteiger partial charge on any atom is -0.496 e. The number of anilines is 2. The van der Waals surface area contributed by atoms with Gasteiger partial charge in [0, 0.05) is 44.1 Å². The van der Waals surface area contributed by atoms with Gasteiger partial charge in [0.05, 0.1) is 29.2 Å². The number of ether oxygens (including phenoxy) is 3. The number of rotatable bonds is 13. The van der Waals surface area contributed by atoms with E-state index < -0.39 is 16.4 Å². The summed E-state index contributed by atoms with van der Waals surface area (Å²) in [6, 6.07) is 14.5. The van der Waals surface area contributed by atoms with Gasteiger partial charge in [0.2, 0.25) is 5.95 Å². The lowest BCUT2D eigenvalue weighted by atomic mass is 9.95. The largest absolute Gasteiger partial charge is 0.496 e. The number of fused-ring (bicyclic) bond motifs is 2. The molecule has 5 aromatic rings. The Kier molecular flexibility index (Phi) is 11.0. The summed E-state index contributed by atoms with van der Waals surface area (Å²) >= 11 is 0. The molecule has 0 unspecified atom stereocenters. The van der Waals surface area contributed by atoms with Gasteiger partial charge in [-0.1, -0.05) is 46.5 Å². The molecule has 1 aliphatic rings. The zero-order chi connectivity index (χ0) is 37.3. The van der Waals surface area contributed by atoms with E-state index in [-0.39, 0.29) is 23.2 Å². The maximum Gasteiger partial charge on any atom is 0.338 e. The van der Waals surface area contributed by atoms with Crippen LogP contribution in [0.4, 0.5) is 11.8 Å². The van der Waals surface area contributed by atoms with Crippen molar-refractivity contribution in [2.45, 2.75) is 109 Å². The first-order chi connectivity index (χ1) is 24.6. The van der Waals surface area contributed by atoms with Crippen LogP contribution in [0.5, 0.6) is 5.75 Å². The highest BCUT2D eigenvalue weighted by molar-refractivity contribution is 6.76. The zero-order valence-corrected chi connectivity index (χ0v) is 34.1. The number of aromatic nitrogens is 5. The van der Waals surface area contributed by atoms with Crippen molar-refractivity contribution in [1.82, 2.24) is 24.7 Å². The number of aromatic amines is 1. The van der Waals surface area contributed by atoms with Gasteiger partial charge in [-0.3, -0.25) is 4.98 Å². The topological polar surface area (TPSA) is 125 Å². The molecule has 0 atom stereocenters. The van der Waals surface area contributed by atoms with Crippen LogP contribution in [0, 0.1) is 0 Å². The fraction of sp³-hybridized carbons (Fsp3) is 0.487. The molecule has 3 heterocycles. The Morgan fingerprint density at radius 1 is 1.00 bits per heavy atom. The van der Waals surface area contributed by atoms with E-state index >= 15 is 0 Å². The molecule has 0 spiro atoms. The smallest absolute Gasteiger partial charge is 0.338 e. The number of carbonyl (C=O) groups is 1. The van der Waals surface area contributed by atoms with Crippen molar-refractivity contribution in [2.24, 2.45) is 0 Å². The highest BCUT2D eigenvalue weighted by Gasteiger charge is 2.40. The predicted octanol–water partition coefficient (Wildman–Crippen LogP) is 9.53. The number of hydrogen-bond donors (Lipinski definition) is 2. The van der Waals surface area contributed by atoms with Crippen molar-refractivity contribution >= 4 is 56.1 Å². The Balaban J connectivity index is 1.18. The lowest BCUT2D eigenvalue weighted by Crippen LogP contribution is -2.45.